The van der Waals surface area contributed by atoms with Gasteiger partial charge in [0.05, 0.1) is 12.8 Å². The van der Waals surface area contributed by atoms with E-state index in [1.165, 1.54) is 0 Å². The van der Waals surface area contributed by atoms with Crippen molar-refractivity contribution in [3.8, 4) is 11.5 Å². The second-order valence-electron chi connectivity index (χ2n) is 5.92. The van der Waals surface area contributed by atoms with Crippen molar-refractivity contribution in [2.75, 3.05) is 6.61 Å². The molecule has 0 saturated heterocycles. The molecule has 2 aromatic rings. The fourth-order valence-corrected chi connectivity index (χ4v) is 2.34. The van der Waals surface area contributed by atoms with E-state index in [2.05, 4.69) is 10.5 Å². The predicted molar refractivity (Wildman–Crippen MR) is 96.8 cm³/mol. The number of nitrogens with one attached hydrogen (secondary N) is 1. The molecule has 0 atom stereocenters. The van der Waals surface area contributed by atoms with Crippen molar-refractivity contribution in [1.29, 1.82) is 0 Å². The molecule has 5 nitrogen and oxygen atoms in total. The number of benzene rings is 2. The second kappa shape index (κ2) is 8.33. The summed E-state index contributed by atoms with van der Waals surface area (Å²) in [5.41, 5.74) is 4.50. The minimum Gasteiger partial charge on any atom is -0.490 e. The Hall–Kier alpha value is -2.82. The maximum Gasteiger partial charge on any atom is 0.243 e. The van der Waals surface area contributed by atoms with E-state index in [9.17, 15) is 4.79 Å². The van der Waals surface area contributed by atoms with E-state index >= 15 is 0 Å². The summed E-state index contributed by atoms with van der Waals surface area (Å²) in [6, 6.07) is 15.6. The molecule has 2 aromatic carbocycles. The number of carbonyl (C=O) groups is 1. The van der Waals surface area contributed by atoms with Crippen molar-refractivity contribution < 1.29 is 14.3 Å². The summed E-state index contributed by atoms with van der Waals surface area (Å²) in [5.74, 6) is 1.48. The number of ether oxygens (including phenoxy) is 2. The molecular weight excluding hydrogens is 316 g/mol. The van der Waals surface area contributed by atoms with Crippen molar-refractivity contribution in [3.63, 3.8) is 0 Å². The number of amides is 1. The lowest BCUT2D eigenvalue weighted by atomic mass is 10.2. The zero-order valence-electron chi connectivity index (χ0n) is 14.3. The Kier molecular flexibility index (Phi) is 5.67. The van der Waals surface area contributed by atoms with Gasteiger partial charge in [0.25, 0.3) is 0 Å². The molecule has 3 rings (SSSR count). The molecule has 0 unspecified atom stereocenters. The van der Waals surface area contributed by atoms with E-state index in [1.54, 1.807) is 6.21 Å². The summed E-state index contributed by atoms with van der Waals surface area (Å²) < 4.78 is 11.5. The molecule has 25 heavy (non-hydrogen) atoms. The van der Waals surface area contributed by atoms with Crippen LogP contribution in [0, 0.1) is 5.92 Å². The van der Waals surface area contributed by atoms with Crippen LogP contribution >= 0.6 is 0 Å². The average Bonchev–Trinajstić information content (AvgIpc) is 3.47. The van der Waals surface area contributed by atoms with Gasteiger partial charge in [0.1, 0.15) is 6.61 Å². The molecule has 0 bridgehead atoms. The van der Waals surface area contributed by atoms with Gasteiger partial charge in [0, 0.05) is 5.92 Å². The van der Waals surface area contributed by atoms with Gasteiger partial charge in [-0.3, -0.25) is 4.79 Å². The van der Waals surface area contributed by atoms with Crippen molar-refractivity contribution in [3.05, 3.63) is 59.7 Å². The molecule has 5 heteroatoms. The van der Waals surface area contributed by atoms with Crippen LogP contribution in [0.25, 0.3) is 0 Å². The van der Waals surface area contributed by atoms with Gasteiger partial charge in [-0.2, -0.15) is 5.10 Å². The highest BCUT2D eigenvalue weighted by atomic mass is 16.5. The Labute approximate surface area is 147 Å². The number of rotatable bonds is 8. The van der Waals surface area contributed by atoms with Crippen LogP contribution in [-0.4, -0.2) is 18.7 Å². The third-order valence-corrected chi connectivity index (χ3v) is 3.84. The Bertz CT molecular complexity index is 740. The first kappa shape index (κ1) is 17.0. The number of carbonyl (C=O) groups excluding carboxylic acids is 1. The summed E-state index contributed by atoms with van der Waals surface area (Å²) in [6.45, 7) is 2.95. The monoisotopic (exact) mass is 338 g/mol. The molecule has 130 valence electrons. The fourth-order valence-electron chi connectivity index (χ4n) is 2.34. The molecule has 0 spiro atoms. The summed E-state index contributed by atoms with van der Waals surface area (Å²) in [7, 11) is 0. The lowest BCUT2D eigenvalue weighted by Gasteiger charge is -2.12. The van der Waals surface area contributed by atoms with Crippen LogP contribution in [0.5, 0.6) is 11.5 Å². The molecule has 1 saturated carbocycles. The summed E-state index contributed by atoms with van der Waals surface area (Å²) in [5, 5.41) is 4.01. The molecule has 1 N–H and O–H groups in total. The van der Waals surface area contributed by atoms with Crippen molar-refractivity contribution in [1.82, 2.24) is 5.43 Å². The summed E-state index contributed by atoms with van der Waals surface area (Å²) >= 11 is 0. The smallest absolute Gasteiger partial charge is 0.243 e. The molecule has 0 radical (unpaired) electrons. The van der Waals surface area contributed by atoms with E-state index in [-0.39, 0.29) is 11.8 Å². The van der Waals surface area contributed by atoms with E-state index < -0.39 is 0 Å². The zero-order chi connectivity index (χ0) is 17.5. The first-order valence-corrected chi connectivity index (χ1v) is 8.52. The highest BCUT2D eigenvalue weighted by Crippen LogP contribution is 2.29. The highest BCUT2D eigenvalue weighted by Gasteiger charge is 2.29. The molecular formula is C20H22N2O3. The van der Waals surface area contributed by atoms with Crippen LogP contribution in [0.4, 0.5) is 0 Å². The Morgan fingerprint density at radius 3 is 2.68 bits per heavy atom. The second-order valence-corrected chi connectivity index (χ2v) is 5.92. The number of hydrogen-bond donors (Lipinski definition) is 1. The van der Waals surface area contributed by atoms with Crippen molar-refractivity contribution in [2.45, 2.75) is 26.4 Å². The average molecular weight is 338 g/mol. The van der Waals surface area contributed by atoms with Gasteiger partial charge >= 0.3 is 0 Å². The predicted octanol–water partition coefficient (Wildman–Crippen LogP) is 3.52. The molecule has 1 aliphatic rings. The van der Waals surface area contributed by atoms with Gasteiger partial charge in [0.15, 0.2) is 11.5 Å². The van der Waals surface area contributed by atoms with Crippen LogP contribution in [-0.2, 0) is 11.4 Å². The Morgan fingerprint density at radius 2 is 1.96 bits per heavy atom. The van der Waals surface area contributed by atoms with E-state index in [0.717, 1.165) is 24.0 Å². The quantitative estimate of drug-likeness (QED) is 0.592. The largest absolute Gasteiger partial charge is 0.490 e. The van der Waals surface area contributed by atoms with Gasteiger partial charge in [-0.1, -0.05) is 30.3 Å². The lowest BCUT2D eigenvalue weighted by molar-refractivity contribution is -0.122. The van der Waals surface area contributed by atoms with Crippen LogP contribution in [0.15, 0.2) is 53.6 Å². The van der Waals surface area contributed by atoms with Crippen molar-refractivity contribution in [2.24, 2.45) is 11.0 Å². The number of hydrogen-bond acceptors (Lipinski definition) is 4. The van der Waals surface area contributed by atoms with Crippen LogP contribution in [0.2, 0.25) is 0 Å². The van der Waals surface area contributed by atoms with E-state index in [1.807, 2.05) is 55.5 Å². The topological polar surface area (TPSA) is 59.9 Å². The number of hydrazone groups is 1. The van der Waals surface area contributed by atoms with Gasteiger partial charge in [-0.25, -0.2) is 5.43 Å². The molecule has 1 aliphatic carbocycles. The lowest BCUT2D eigenvalue weighted by Crippen LogP contribution is -2.18. The fraction of sp³-hybridized carbons (Fsp3) is 0.300. The summed E-state index contributed by atoms with van der Waals surface area (Å²) in [6.07, 6.45) is 3.54. The highest BCUT2D eigenvalue weighted by molar-refractivity contribution is 5.84. The van der Waals surface area contributed by atoms with E-state index in [0.29, 0.717) is 24.7 Å². The van der Waals surface area contributed by atoms with Crippen LogP contribution in [0.1, 0.15) is 30.9 Å². The third kappa shape index (κ3) is 5.08. The van der Waals surface area contributed by atoms with Crippen molar-refractivity contribution >= 4 is 12.1 Å². The van der Waals surface area contributed by atoms with Gasteiger partial charge in [-0.05, 0) is 49.1 Å². The SMILES string of the molecule is CCOc1cc(/C=N/NC(=O)C2CC2)ccc1OCc1ccccc1. The van der Waals surface area contributed by atoms with Crippen LogP contribution < -0.4 is 14.9 Å². The maximum absolute atomic E-state index is 11.6. The molecule has 1 fully saturated rings. The molecule has 0 heterocycles. The summed E-state index contributed by atoms with van der Waals surface area (Å²) in [4.78, 5) is 11.6. The minimum atomic E-state index is -0.0101. The molecule has 0 aliphatic heterocycles. The zero-order valence-corrected chi connectivity index (χ0v) is 14.3. The number of nitrogens with zero attached hydrogens (tertiary/aromatic N) is 1. The van der Waals surface area contributed by atoms with E-state index in [4.69, 9.17) is 9.47 Å². The van der Waals surface area contributed by atoms with Crippen LogP contribution in [0.3, 0.4) is 0 Å². The first-order chi connectivity index (χ1) is 12.3. The minimum absolute atomic E-state index is 0.0101. The normalized spacial score (nSPS) is 13.6. The van der Waals surface area contributed by atoms with Gasteiger partial charge in [0.2, 0.25) is 5.91 Å². The maximum atomic E-state index is 11.6. The first-order valence-electron chi connectivity index (χ1n) is 8.52. The third-order valence-electron chi connectivity index (χ3n) is 3.84. The molecule has 0 aromatic heterocycles. The van der Waals surface area contributed by atoms with Gasteiger partial charge < -0.3 is 9.47 Å². The van der Waals surface area contributed by atoms with Gasteiger partial charge in [-0.15, -0.1) is 0 Å². The standard InChI is InChI=1S/C20H22N2O3/c1-2-24-19-12-16(13-21-22-20(23)17-9-10-17)8-11-18(19)25-14-15-6-4-3-5-7-15/h3-8,11-13,17H,2,9-10,14H2,1H3,(H,22,23)/b21-13+. The Balaban J connectivity index is 1.64. The Morgan fingerprint density at radius 1 is 1.16 bits per heavy atom. The molecule has 1 amide bonds.